The van der Waals surface area contributed by atoms with Gasteiger partial charge in [-0.15, -0.1) is 0 Å². The first-order valence-electron chi connectivity index (χ1n) is 5.72. The number of benzene rings is 2. The number of rotatable bonds is 3. The van der Waals surface area contributed by atoms with E-state index in [2.05, 4.69) is 10.6 Å². The number of amides is 2. The molecular formula is C13H12N4O3. The largest absolute Gasteiger partial charge is 0.398 e. The molecule has 0 aliphatic rings. The molecule has 7 nitrogen and oxygen atoms in total. The second-order valence-corrected chi connectivity index (χ2v) is 4.02. The number of nitrogens with zero attached hydrogens (tertiary/aromatic N) is 1. The summed E-state index contributed by atoms with van der Waals surface area (Å²) in [7, 11) is 0. The summed E-state index contributed by atoms with van der Waals surface area (Å²) >= 11 is 0. The van der Waals surface area contributed by atoms with Crippen molar-refractivity contribution in [2.24, 2.45) is 0 Å². The third-order valence-electron chi connectivity index (χ3n) is 2.44. The van der Waals surface area contributed by atoms with Crippen molar-refractivity contribution in [2.45, 2.75) is 0 Å². The number of nitrogens with one attached hydrogen (secondary N) is 2. The summed E-state index contributed by atoms with van der Waals surface area (Å²) in [6, 6.07) is 12.2. The summed E-state index contributed by atoms with van der Waals surface area (Å²) in [6.07, 6.45) is 0. The summed E-state index contributed by atoms with van der Waals surface area (Å²) in [5.41, 5.74) is 6.44. The van der Waals surface area contributed by atoms with Crippen molar-refractivity contribution in [1.82, 2.24) is 0 Å². The fraction of sp³-hybridized carbons (Fsp3) is 0. The minimum atomic E-state index is -0.573. The van der Waals surface area contributed by atoms with Crippen LogP contribution in [0.3, 0.4) is 0 Å². The van der Waals surface area contributed by atoms with Gasteiger partial charge in [-0.3, -0.25) is 10.1 Å². The second-order valence-electron chi connectivity index (χ2n) is 4.02. The number of carbonyl (C=O) groups excluding carboxylic acids is 1. The molecule has 0 fully saturated rings. The van der Waals surface area contributed by atoms with Gasteiger partial charge in [0.1, 0.15) is 0 Å². The first-order chi connectivity index (χ1) is 9.54. The van der Waals surface area contributed by atoms with Crippen molar-refractivity contribution in [3.8, 4) is 0 Å². The van der Waals surface area contributed by atoms with E-state index in [1.165, 1.54) is 18.2 Å². The molecule has 0 spiro atoms. The van der Waals surface area contributed by atoms with Crippen molar-refractivity contribution in [2.75, 3.05) is 16.4 Å². The lowest BCUT2D eigenvalue weighted by molar-refractivity contribution is -0.384. The highest BCUT2D eigenvalue weighted by molar-refractivity contribution is 6.00. The van der Waals surface area contributed by atoms with E-state index in [0.29, 0.717) is 5.69 Å². The lowest BCUT2D eigenvalue weighted by Gasteiger charge is -2.08. The van der Waals surface area contributed by atoms with Gasteiger partial charge in [-0.2, -0.15) is 0 Å². The van der Waals surface area contributed by atoms with E-state index in [-0.39, 0.29) is 17.1 Å². The van der Waals surface area contributed by atoms with Gasteiger partial charge < -0.3 is 16.4 Å². The number of non-ortho nitro benzene ring substituents is 1. The smallest absolute Gasteiger partial charge is 0.323 e. The van der Waals surface area contributed by atoms with Crippen LogP contribution in [0.4, 0.5) is 27.5 Å². The lowest BCUT2D eigenvalue weighted by atomic mass is 10.2. The van der Waals surface area contributed by atoms with Crippen molar-refractivity contribution in [1.29, 1.82) is 0 Å². The van der Waals surface area contributed by atoms with Gasteiger partial charge in [-0.05, 0) is 18.2 Å². The van der Waals surface area contributed by atoms with Gasteiger partial charge in [0.15, 0.2) is 0 Å². The number of carbonyl (C=O) groups is 1. The van der Waals surface area contributed by atoms with Crippen LogP contribution in [-0.2, 0) is 0 Å². The SMILES string of the molecule is Nc1cc(NC(=O)Nc2ccccc2)cc([N+](=O)[O-])c1. The maximum atomic E-state index is 11.7. The Morgan fingerprint density at radius 3 is 2.35 bits per heavy atom. The fourth-order valence-corrected chi connectivity index (χ4v) is 1.63. The molecule has 4 N–H and O–H groups in total. The van der Waals surface area contributed by atoms with Crippen LogP contribution in [0.2, 0.25) is 0 Å². The summed E-state index contributed by atoms with van der Waals surface area (Å²) < 4.78 is 0. The normalized spacial score (nSPS) is 9.80. The third-order valence-corrected chi connectivity index (χ3v) is 2.44. The zero-order valence-electron chi connectivity index (χ0n) is 10.4. The molecule has 20 heavy (non-hydrogen) atoms. The molecule has 0 bridgehead atoms. The van der Waals surface area contributed by atoms with E-state index in [9.17, 15) is 14.9 Å². The number of urea groups is 1. The molecule has 7 heteroatoms. The van der Waals surface area contributed by atoms with Crippen molar-refractivity contribution >= 4 is 28.8 Å². The van der Waals surface area contributed by atoms with Gasteiger partial charge in [-0.1, -0.05) is 18.2 Å². The number of nitro groups is 1. The number of nitro benzene ring substituents is 1. The van der Waals surface area contributed by atoms with Crippen LogP contribution in [0, 0.1) is 10.1 Å². The van der Waals surface area contributed by atoms with E-state index >= 15 is 0 Å². The Kier molecular flexibility index (Phi) is 3.80. The summed E-state index contributed by atoms with van der Waals surface area (Å²) in [5.74, 6) is 0. The van der Waals surface area contributed by atoms with Crippen LogP contribution in [0.1, 0.15) is 0 Å². The number of hydrogen-bond acceptors (Lipinski definition) is 4. The van der Waals surface area contributed by atoms with Crippen molar-refractivity contribution in [3.63, 3.8) is 0 Å². The molecule has 2 amide bonds. The second kappa shape index (κ2) is 5.70. The minimum Gasteiger partial charge on any atom is -0.398 e. The first-order valence-corrected chi connectivity index (χ1v) is 5.72. The maximum Gasteiger partial charge on any atom is 0.323 e. The average molecular weight is 272 g/mol. The molecule has 0 saturated heterocycles. The Morgan fingerprint density at radius 1 is 1.05 bits per heavy atom. The Bertz CT molecular complexity index is 643. The minimum absolute atomic E-state index is 0.181. The predicted molar refractivity (Wildman–Crippen MR) is 76.6 cm³/mol. The molecule has 102 valence electrons. The van der Waals surface area contributed by atoms with Gasteiger partial charge >= 0.3 is 6.03 Å². The van der Waals surface area contributed by atoms with Crippen LogP contribution in [0.25, 0.3) is 0 Å². The summed E-state index contributed by atoms with van der Waals surface area (Å²) in [5, 5.41) is 15.8. The zero-order valence-corrected chi connectivity index (χ0v) is 10.4. The first kappa shape index (κ1) is 13.3. The van der Waals surface area contributed by atoms with Crippen LogP contribution >= 0.6 is 0 Å². The van der Waals surface area contributed by atoms with Gasteiger partial charge in [-0.25, -0.2) is 4.79 Å². The Hall–Kier alpha value is -3.09. The van der Waals surface area contributed by atoms with E-state index in [1.807, 2.05) is 6.07 Å². The molecule has 0 aromatic heterocycles. The molecule has 0 atom stereocenters. The monoisotopic (exact) mass is 272 g/mol. The molecule has 0 heterocycles. The highest BCUT2D eigenvalue weighted by atomic mass is 16.6. The van der Waals surface area contributed by atoms with E-state index in [1.54, 1.807) is 24.3 Å². The quantitative estimate of drug-likeness (QED) is 0.453. The predicted octanol–water partition coefficient (Wildman–Crippen LogP) is 2.82. The number of nitrogen functional groups attached to an aromatic ring is 1. The third kappa shape index (κ3) is 3.45. The van der Waals surface area contributed by atoms with Crippen molar-refractivity contribution < 1.29 is 9.72 Å². The lowest BCUT2D eigenvalue weighted by Crippen LogP contribution is -2.19. The zero-order chi connectivity index (χ0) is 14.5. The molecule has 0 aliphatic heterocycles. The summed E-state index contributed by atoms with van der Waals surface area (Å²) in [4.78, 5) is 21.9. The van der Waals surface area contributed by atoms with Gasteiger partial charge in [0, 0.05) is 23.5 Å². The molecule has 0 aliphatic carbocycles. The number of para-hydroxylation sites is 1. The van der Waals surface area contributed by atoms with Gasteiger partial charge in [0.2, 0.25) is 0 Å². The molecule has 2 aromatic rings. The number of nitrogens with two attached hydrogens (primary N) is 1. The standard InChI is InChI=1S/C13H12N4O3/c14-9-6-11(8-12(7-9)17(19)20)16-13(18)15-10-4-2-1-3-5-10/h1-8H,14H2,(H2,15,16,18). The van der Waals surface area contributed by atoms with Gasteiger partial charge in [0.25, 0.3) is 5.69 Å². The van der Waals surface area contributed by atoms with E-state index in [4.69, 9.17) is 5.73 Å². The topological polar surface area (TPSA) is 110 Å². The Morgan fingerprint density at radius 2 is 1.70 bits per heavy atom. The highest BCUT2D eigenvalue weighted by Crippen LogP contribution is 2.22. The summed E-state index contributed by atoms with van der Waals surface area (Å²) in [6.45, 7) is 0. The molecule has 0 unspecified atom stereocenters. The fourth-order valence-electron chi connectivity index (χ4n) is 1.63. The van der Waals surface area contributed by atoms with E-state index in [0.717, 1.165) is 0 Å². The molecule has 2 aromatic carbocycles. The van der Waals surface area contributed by atoms with Crippen LogP contribution in [0.15, 0.2) is 48.5 Å². The maximum absolute atomic E-state index is 11.7. The Balaban J connectivity index is 2.10. The van der Waals surface area contributed by atoms with E-state index < -0.39 is 11.0 Å². The number of hydrogen-bond donors (Lipinski definition) is 3. The van der Waals surface area contributed by atoms with Crippen molar-refractivity contribution in [3.05, 3.63) is 58.6 Å². The van der Waals surface area contributed by atoms with Crippen LogP contribution in [0.5, 0.6) is 0 Å². The molecule has 0 saturated carbocycles. The number of anilines is 3. The highest BCUT2D eigenvalue weighted by Gasteiger charge is 2.10. The van der Waals surface area contributed by atoms with Crippen LogP contribution < -0.4 is 16.4 Å². The molecule has 0 radical (unpaired) electrons. The Labute approximate surface area is 114 Å². The molecule has 2 rings (SSSR count). The van der Waals surface area contributed by atoms with Crippen LogP contribution in [-0.4, -0.2) is 11.0 Å². The van der Waals surface area contributed by atoms with Gasteiger partial charge in [0.05, 0.1) is 10.6 Å². The average Bonchev–Trinajstić information content (AvgIpc) is 2.38. The molecular weight excluding hydrogens is 260 g/mol.